The Morgan fingerprint density at radius 1 is 1.09 bits per heavy atom. The van der Waals surface area contributed by atoms with Crippen LogP contribution >= 0.6 is 0 Å². The number of hydrogen-bond acceptors (Lipinski definition) is 3. The van der Waals surface area contributed by atoms with E-state index in [1.807, 2.05) is 0 Å². The third kappa shape index (κ3) is 3.63. The van der Waals surface area contributed by atoms with Crippen molar-refractivity contribution in [2.75, 3.05) is 6.54 Å². The first-order valence-corrected chi connectivity index (χ1v) is 10.4. The first-order chi connectivity index (χ1) is 15.5. The van der Waals surface area contributed by atoms with E-state index in [4.69, 9.17) is 0 Å². The summed E-state index contributed by atoms with van der Waals surface area (Å²) in [5.41, 5.74) is 1.92. The van der Waals surface area contributed by atoms with Gasteiger partial charge in [0.25, 0.3) is 5.91 Å². The maximum Gasteiger partial charge on any atom is 0.275 e. The minimum absolute atomic E-state index is 0.0274. The number of carbonyl (C=O) groups excluding carboxylic acids is 1. The Morgan fingerprint density at radius 2 is 1.91 bits per heavy atom. The summed E-state index contributed by atoms with van der Waals surface area (Å²) in [4.78, 5) is 22.4. The van der Waals surface area contributed by atoms with E-state index >= 15 is 0 Å². The number of hydrogen-bond donors (Lipinski definition) is 2. The van der Waals surface area contributed by atoms with Gasteiger partial charge in [-0.1, -0.05) is 12.1 Å². The predicted octanol–water partition coefficient (Wildman–Crippen LogP) is 4.61. The van der Waals surface area contributed by atoms with E-state index in [2.05, 4.69) is 20.2 Å². The largest absolute Gasteiger partial charge is 0.339 e. The second kappa shape index (κ2) is 8.14. The van der Waals surface area contributed by atoms with Crippen molar-refractivity contribution < 1.29 is 18.0 Å². The lowest BCUT2D eigenvalue weighted by Crippen LogP contribution is -2.45. The summed E-state index contributed by atoms with van der Waals surface area (Å²) in [6.07, 6.45) is 4.57. The standard InChI is InChI=1S/C23H20F3N5O/c24-14-6-4-13(5-7-14)16-12-27-30-21(16)23(32)31-10-2-1-3-15(31)11-19-28-18-9-8-17(25)20(26)22(18)29-19/h4-9,12,15H,1-3,10-11H2,(H,27,30)(H,28,29). The van der Waals surface area contributed by atoms with Crippen LogP contribution in [0.4, 0.5) is 13.2 Å². The maximum absolute atomic E-state index is 14.1. The number of piperidine rings is 1. The minimum atomic E-state index is -0.960. The molecule has 4 aromatic rings. The Labute approximate surface area is 181 Å². The topological polar surface area (TPSA) is 77.7 Å². The van der Waals surface area contributed by atoms with Gasteiger partial charge in [0.1, 0.15) is 17.2 Å². The Morgan fingerprint density at radius 3 is 2.72 bits per heavy atom. The summed E-state index contributed by atoms with van der Waals surface area (Å²) in [6.45, 7) is 0.558. The van der Waals surface area contributed by atoms with Crippen molar-refractivity contribution in [3.8, 4) is 11.1 Å². The average molecular weight is 439 g/mol. The molecule has 2 aromatic heterocycles. The third-order valence-corrected chi connectivity index (χ3v) is 5.91. The molecule has 0 bridgehead atoms. The van der Waals surface area contributed by atoms with Gasteiger partial charge in [-0.2, -0.15) is 5.10 Å². The summed E-state index contributed by atoms with van der Waals surface area (Å²) in [6, 6.07) is 8.19. The zero-order valence-corrected chi connectivity index (χ0v) is 17.0. The van der Waals surface area contributed by atoms with Crippen LogP contribution in [0.1, 0.15) is 35.6 Å². The van der Waals surface area contributed by atoms with Crippen LogP contribution in [0.5, 0.6) is 0 Å². The number of carbonyl (C=O) groups is 1. The van der Waals surface area contributed by atoms with Crippen molar-refractivity contribution in [2.24, 2.45) is 0 Å². The molecule has 0 radical (unpaired) electrons. The molecule has 164 valence electrons. The quantitative estimate of drug-likeness (QED) is 0.488. The van der Waals surface area contributed by atoms with Gasteiger partial charge in [-0.25, -0.2) is 18.2 Å². The van der Waals surface area contributed by atoms with Gasteiger partial charge in [-0.15, -0.1) is 0 Å². The Hall–Kier alpha value is -3.62. The highest BCUT2D eigenvalue weighted by Crippen LogP contribution is 2.28. The van der Waals surface area contributed by atoms with Crippen LogP contribution in [-0.4, -0.2) is 43.6 Å². The molecule has 1 amide bonds. The molecule has 32 heavy (non-hydrogen) atoms. The number of aromatic nitrogens is 4. The minimum Gasteiger partial charge on any atom is -0.339 e. The molecule has 9 heteroatoms. The number of aromatic amines is 2. The summed E-state index contributed by atoms with van der Waals surface area (Å²) < 4.78 is 40.9. The highest BCUT2D eigenvalue weighted by molar-refractivity contribution is 5.99. The van der Waals surface area contributed by atoms with Crippen LogP contribution < -0.4 is 0 Å². The first-order valence-electron chi connectivity index (χ1n) is 10.4. The molecule has 6 nitrogen and oxygen atoms in total. The molecule has 2 N–H and O–H groups in total. The number of nitrogens with zero attached hydrogens (tertiary/aromatic N) is 3. The number of nitrogens with one attached hydrogen (secondary N) is 2. The molecule has 1 saturated heterocycles. The lowest BCUT2D eigenvalue weighted by molar-refractivity contribution is 0.0606. The lowest BCUT2D eigenvalue weighted by atomic mass is 9.97. The molecule has 2 aromatic carbocycles. The van der Waals surface area contributed by atoms with E-state index in [1.54, 1.807) is 23.2 Å². The fourth-order valence-electron chi connectivity index (χ4n) is 4.31. The molecule has 5 rings (SSSR count). The zero-order valence-electron chi connectivity index (χ0n) is 17.0. The number of fused-ring (bicyclic) bond motifs is 1. The monoisotopic (exact) mass is 439 g/mol. The van der Waals surface area contributed by atoms with Crippen molar-refractivity contribution in [3.05, 3.63) is 71.6 Å². The van der Waals surface area contributed by atoms with Crippen LogP contribution in [-0.2, 0) is 6.42 Å². The molecule has 1 aliphatic rings. The smallest absolute Gasteiger partial charge is 0.275 e. The molecule has 1 atom stereocenters. The van der Waals surface area contributed by atoms with Gasteiger partial charge >= 0.3 is 0 Å². The van der Waals surface area contributed by atoms with Gasteiger partial charge in [0.2, 0.25) is 0 Å². The number of likely N-dealkylation sites (tertiary alicyclic amines) is 1. The van der Waals surface area contributed by atoms with Gasteiger partial charge in [0.15, 0.2) is 17.3 Å². The van der Waals surface area contributed by atoms with Crippen LogP contribution in [0.25, 0.3) is 22.2 Å². The number of rotatable bonds is 4. The zero-order chi connectivity index (χ0) is 22.2. The summed E-state index contributed by atoms with van der Waals surface area (Å²) in [5.74, 6) is -1.99. The number of amides is 1. The molecule has 0 saturated carbocycles. The van der Waals surface area contributed by atoms with Crippen molar-refractivity contribution in [3.63, 3.8) is 0 Å². The third-order valence-electron chi connectivity index (χ3n) is 5.91. The summed E-state index contributed by atoms with van der Waals surface area (Å²) in [5, 5.41) is 6.90. The predicted molar refractivity (Wildman–Crippen MR) is 112 cm³/mol. The van der Waals surface area contributed by atoms with Gasteiger partial charge in [0, 0.05) is 30.8 Å². The van der Waals surface area contributed by atoms with Gasteiger partial charge in [-0.3, -0.25) is 9.89 Å². The van der Waals surface area contributed by atoms with Crippen LogP contribution in [0.15, 0.2) is 42.6 Å². The number of H-pyrrole nitrogens is 2. The van der Waals surface area contributed by atoms with Crippen molar-refractivity contribution >= 4 is 16.9 Å². The van der Waals surface area contributed by atoms with E-state index in [0.29, 0.717) is 35.4 Å². The molecule has 1 aliphatic heterocycles. The second-order valence-corrected chi connectivity index (χ2v) is 7.95. The Kier molecular flexibility index (Phi) is 5.16. The molecule has 1 fully saturated rings. The molecule has 0 aliphatic carbocycles. The number of benzene rings is 2. The van der Waals surface area contributed by atoms with Gasteiger partial charge in [-0.05, 0) is 49.1 Å². The lowest BCUT2D eigenvalue weighted by Gasteiger charge is -2.35. The fourth-order valence-corrected chi connectivity index (χ4v) is 4.31. The van der Waals surface area contributed by atoms with E-state index < -0.39 is 11.6 Å². The highest BCUT2D eigenvalue weighted by Gasteiger charge is 2.31. The maximum atomic E-state index is 14.1. The normalized spacial score (nSPS) is 16.6. The summed E-state index contributed by atoms with van der Waals surface area (Å²) in [7, 11) is 0. The molecular weight excluding hydrogens is 419 g/mol. The van der Waals surface area contributed by atoms with Crippen molar-refractivity contribution in [1.82, 2.24) is 25.1 Å². The molecule has 1 unspecified atom stereocenters. The average Bonchev–Trinajstić information content (AvgIpc) is 3.44. The first kappa shape index (κ1) is 20.3. The van der Waals surface area contributed by atoms with Crippen LogP contribution in [0, 0.1) is 17.5 Å². The van der Waals surface area contributed by atoms with Crippen molar-refractivity contribution in [2.45, 2.75) is 31.7 Å². The molecule has 3 heterocycles. The van der Waals surface area contributed by atoms with Crippen LogP contribution in [0.3, 0.4) is 0 Å². The van der Waals surface area contributed by atoms with E-state index in [0.717, 1.165) is 25.3 Å². The number of halogens is 3. The van der Waals surface area contributed by atoms with E-state index in [1.165, 1.54) is 18.2 Å². The van der Waals surface area contributed by atoms with E-state index in [9.17, 15) is 18.0 Å². The molecule has 0 spiro atoms. The number of imidazole rings is 1. The SMILES string of the molecule is O=C(c1n[nH]cc1-c1ccc(F)cc1)N1CCCCC1Cc1nc2ccc(F)c(F)c2[nH]1. The van der Waals surface area contributed by atoms with Gasteiger partial charge in [0.05, 0.1) is 5.52 Å². The van der Waals surface area contributed by atoms with Crippen LogP contribution in [0.2, 0.25) is 0 Å². The van der Waals surface area contributed by atoms with Gasteiger partial charge < -0.3 is 9.88 Å². The Balaban J connectivity index is 1.42. The van der Waals surface area contributed by atoms with E-state index in [-0.39, 0.29) is 29.0 Å². The molecular formula is C23H20F3N5O. The fraction of sp³-hybridized carbons (Fsp3) is 0.261. The highest BCUT2D eigenvalue weighted by atomic mass is 19.2. The Bertz CT molecular complexity index is 1280. The second-order valence-electron chi connectivity index (χ2n) is 7.95. The summed E-state index contributed by atoms with van der Waals surface area (Å²) >= 11 is 0. The van der Waals surface area contributed by atoms with Crippen molar-refractivity contribution in [1.29, 1.82) is 0 Å².